The Morgan fingerprint density at radius 3 is 2.64 bits per heavy atom. The predicted molar refractivity (Wildman–Crippen MR) is 164 cm³/mol. The van der Waals surface area contributed by atoms with Crippen LogP contribution in [0.25, 0.3) is 22.7 Å². The van der Waals surface area contributed by atoms with Crippen molar-refractivity contribution in [3.63, 3.8) is 0 Å². The predicted octanol–water partition coefficient (Wildman–Crippen LogP) is 5.52. The minimum atomic E-state index is -1.27. The molecule has 0 bridgehead atoms. The number of ether oxygens (including phenoxy) is 3. The summed E-state index contributed by atoms with van der Waals surface area (Å²) in [5, 5.41) is 16.4. The largest absolute Gasteiger partial charge is 0.444 e. The third kappa shape index (κ3) is 5.20. The normalized spacial score (nSPS) is 21.8. The fraction of sp³-hybridized carbons (Fsp3) is 0.406. The number of hydrogen-bond donors (Lipinski definition) is 1. The van der Waals surface area contributed by atoms with Gasteiger partial charge in [-0.1, -0.05) is 23.7 Å². The standard InChI is InChI=1S/C32H32ClFN8O3/c1-18-35-30(39-37-18)25-15-26-31(40-38-25)42(16-21-10-13-43-21)28(36-26)17-41-11-8-19(9-12-41)22-4-3-5-27-29(22)45-32(2,44-27)23-7-6-20(33)14-24(23)34/h3-7,14-15,19,21H,8-13,16-17H2,1-2H3,(H,35,37,39). The number of fused-ring (bicyclic) bond motifs is 2. The monoisotopic (exact) mass is 630 g/mol. The average molecular weight is 631 g/mol. The first-order chi connectivity index (χ1) is 21.8. The fourth-order valence-electron chi connectivity index (χ4n) is 6.52. The Hall–Kier alpha value is -4.13. The molecule has 0 spiro atoms. The molecule has 2 saturated heterocycles. The van der Waals surface area contributed by atoms with E-state index in [2.05, 4.69) is 40.9 Å². The molecule has 2 unspecified atom stereocenters. The minimum absolute atomic E-state index is 0.151. The number of hydrogen-bond acceptors (Lipinski definition) is 9. The van der Waals surface area contributed by atoms with Crippen LogP contribution in [0.1, 0.15) is 54.9 Å². The van der Waals surface area contributed by atoms with E-state index in [9.17, 15) is 4.39 Å². The number of nitrogens with one attached hydrogen (secondary N) is 1. The lowest BCUT2D eigenvalue weighted by Crippen LogP contribution is -2.35. The lowest BCUT2D eigenvalue weighted by molar-refractivity contribution is -0.0712. The lowest BCUT2D eigenvalue weighted by atomic mass is 9.88. The summed E-state index contributed by atoms with van der Waals surface area (Å²) in [5.74, 6) is 2.01. The van der Waals surface area contributed by atoms with Crippen LogP contribution in [-0.2, 0) is 23.6 Å². The number of piperidine rings is 1. The van der Waals surface area contributed by atoms with Crippen LogP contribution in [0.3, 0.4) is 0 Å². The van der Waals surface area contributed by atoms with E-state index in [0.29, 0.717) is 52.5 Å². The van der Waals surface area contributed by atoms with E-state index in [1.54, 1.807) is 19.1 Å². The summed E-state index contributed by atoms with van der Waals surface area (Å²) in [7, 11) is 0. The van der Waals surface area contributed by atoms with Gasteiger partial charge in [-0.25, -0.2) is 14.4 Å². The molecule has 3 aliphatic heterocycles. The Labute approximate surface area is 263 Å². The molecule has 5 aromatic rings. The van der Waals surface area contributed by atoms with Gasteiger partial charge in [-0.3, -0.25) is 10.00 Å². The van der Waals surface area contributed by atoms with Gasteiger partial charge in [0.25, 0.3) is 5.79 Å². The highest BCUT2D eigenvalue weighted by atomic mass is 35.5. The number of aryl methyl sites for hydroxylation is 1. The van der Waals surface area contributed by atoms with E-state index in [1.165, 1.54) is 6.07 Å². The maximum atomic E-state index is 14.9. The first-order valence-corrected chi connectivity index (χ1v) is 15.6. The second-order valence-corrected chi connectivity index (χ2v) is 12.5. The van der Waals surface area contributed by atoms with Crippen LogP contribution in [0.2, 0.25) is 5.02 Å². The van der Waals surface area contributed by atoms with Gasteiger partial charge in [-0.2, -0.15) is 5.10 Å². The molecule has 0 aliphatic carbocycles. The third-order valence-electron chi connectivity index (χ3n) is 9.00. The van der Waals surface area contributed by atoms with Gasteiger partial charge < -0.3 is 18.8 Å². The number of imidazole rings is 1. The molecule has 0 radical (unpaired) electrons. The number of aromatic nitrogens is 7. The maximum Gasteiger partial charge on any atom is 0.278 e. The van der Waals surface area contributed by atoms with Crippen LogP contribution < -0.4 is 9.47 Å². The quantitative estimate of drug-likeness (QED) is 0.248. The van der Waals surface area contributed by atoms with Crippen molar-refractivity contribution in [3.8, 4) is 23.0 Å². The highest BCUT2D eigenvalue weighted by molar-refractivity contribution is 6.30. The van der Waals surface area contributed by atoms with E-state index in [4.69, 9.17) is 30.8 Å². The summed E-state index contributed by atoms with van der Waals surface area (Å²) >= 11 is 5.99. The molecule has 2 atom stereocenters. The first kappa shape index (κ1) is 28.4. The Bertz CT molecular complexity index is 1900. The van der Waals surface area contributed by atoms with E-state index >= 15 is 0 Å². The number of H-pyrrole nitrogens is 1. The van der Waals surface area contributed by atoms with E-state index < -0.39 is 11.6 Å². The van der Waals surface area contributed by atoms with Crippen molar-refractivity contribution < 1.29 is 18.6 Å². The molecule has 2 fully saturated rings. The number of aromatic amines is 1. The van der Waals surface area contributed by atoms with Crippen molar-refractivity contribution in [1.29, 1.82) is 0 Å². The molecule has 6 heterocycles. The molecule has 1 N–H and O–H groups in total. The SMILES string of the molecule is Cc1nc(-c2cc3nc(CN4CCC(c5cccc6c5OC(C)(c5ccc(Cl)cc5F)O6)CC4)n(CC4CCO4)c3nn2)n[nH]1. The minimum Gasteiger partial charge on any atom is -0.444 e. The number of nitrogens with zero attached hydrogens (tertiary/aromatic N) is 7. The molecule has 8 rings (SSSR count). The van der Waals surface area contributed by atoms with Gasteiger partial charge >= 0.3 is 0 Å². The zero-order valence-corrected chi connectivity index (χ0v) is 25.7. The van der Waals surface area contributed by atoms with Crippen molar-refractivity contribution in [2.75, 3.05) is 19.7 Å². The summed E-state index contributed by atoms with van der Waals surface area (Å²) in [6, 6.07) is 12.4. The second kappa shape index (κ2) is 11.0. The maximum absolute atomic E-state index is 14.9. The topological polar surface area (TPSA) is 116 Å². The molecule has 0 amide bonds. The average Bonchev–Trinajstić information content (AvgIpc) is 3.69. The number of rotatable bonds is 7. The number of likely N-dealkylation sites (tertiary alicyclic amines) is 1. The zero-order valence-electron chi connectivity index (χ0n) is 25.0. The van der Waals surface area contributed by atoms with Crippen LogP contribution in [0.5, 0.6) is 11.5 Å². The first-order valence-electron chi connectivity index (χ1n) is 15.3. The van der Waals surface area contributed by atoms with Gasteiger partial charge in [-0.05, 0) is 75.5 Å². The highest BCUT2D eigenvalue weighted by Gasteiger charge is 2.43. The molecule has 45 heavy (non-hydrogen) atoms. The Kier molecular flexibility index (Phi) is 6.95. The molecule has 3 aromatic heterocycles. The number of para-hydroxylation sites is 1. The molecular formula is C32H32ClFN8O3. The Morgan fingerprint density at radius 1 is 1.07 bits per heavy atom. The second-order valence-electron chi connectivity index (χ2n) is 12.1. The smallest absolute Gasteiger partial charge is 0.278 e. The van der Waals surface area contributed by atoms with Gasteiger partial charge in [0.05, 0.1) is 24.8 Å². The van der Waals surface area contributed by atoms with Gasteiger partial charge in [0.1, 0.15) is 28.7 Å². The third-order valence-corrected chi connectivity index (χ3v) is 9.24. The van der Waals surface area contributed by atoms with Gasteiger partial charge in [0, 0.05) is 24.1 Å². The van der Waals surface area contributed by atoms with Crippen molar-refractivity contribution >= 4 is 22.8 Å². The van der Waals surface area contributed by atoms with Crippen LogP contribution in [0.15, 0.2) is 42.5 Å². The zero-order chi connectivity index (χ0) is 30.7. The fourth-order valence-corrected chi connectivity index (χ4v) is 6.68. The number of halogens is 2. The van der Waals surface area contributed by atoms with Crippen molar-refractivity contribution in [3.05, 3.63) is 76.1 Å². The Morgan fingerprint density at radius 2 is 1.91 bits per heavy atom. The summed E-state index contributed by atoms with van der Waals surface area (Å²) < 4.78 is 35.4. The summed E-state index contributed by atoms with van der Waals surface area (Å²) in [4.78, 5) is 11.8. The molecule has 3 aliphatic rings. The van der Waals surface area contributed by atoms with Crippen molar-refractivity contribution in [2.45, 2.75) is 64.0 Å². The van der Waals surface area contributed by atoms with Gasteiger partial charge in [0.15, 0.2) is 17.1 Å². The van der Waals surface area contributed by atoms with Crippen LogP contribution in [-0.4, -0.2) is 65.6 Å². The van der Waals surface area contributed by atoms with Crippen LogP contribution in [0.4, 0.5) is 4.39 Å². The van der Waals surface area contributed by atoms with Crippen LogP contribution >= 0.6 is 11.6 Å². The molecule has 2 aromatic carbocycles. The van der Waals surface area contributed by atoms with E-state index in [0.717, 1.165) is 61.5 Å². The highest BCUT2D eigenvalue weighted by Crippen LogP contribution is 2.50. The lowest BCUT2D eigenvalue weighted by Gasteiger charge is -2.33. The Balaban J connectivity index is 1.000. The van der Waals surface area contributed by atoms with Crippen molar-refractivity contribution in [2.24, 2.45) is 0 Å². The van der Waals surface area contributed by atoms with Crippen molar-refractivity contribution in [1.82, 2.24) is 39.8 Å². The van der Waals surface area contributed by atoms with Gasteiger partial charge in [-0.15, -0.1) is 10.2 Å². The molecule has 0 saturated carbocycles. The molecular weight excluding hydrogens is 599 g/mol. The summed E-state index contributed by atoms with van der Waals surface area (Å²) in [6.45, 7) is 7.52. The molecule has 232 valence electrons. The van der Waals surface area contributed by atoms with E-state index in [-0.39, 0.29) is 12.0 Å². The summed E-state index contributed by atoms with van der Waals surface area (Å²) in [5.41, 5.74) is 3.49. The van der Waals surface area contributed by atoms with Crippen LogP contribution in [0, 0.1) is 12.7 Å². The molecule has 13 heteroatoms. The van der Waals surface area contributed by atoms with Gasteiger partial charge in [0.2, 0.25) is 5.82 Å². The number of benzene rings is 2. The molecule has 11 nitrogen and oxygen atoms in total. The summed E-state index contributed by atoms with van der Waals surface area (Å²) in [6.07, 6.45) is 3.04. The van der Waals surface area contributed by atoms with E-state index in [1.807, 2.05) is 25.1 Å².